The van der Waals surface area contributed by atoms with Crippen molar-refractivity contribution < 1.29 is 23.8 Å². The normalized spacial score (nSPS) is 29.6. The summed E-state index contributed by atoms with van der Waals surface area (Å²) in [6.07, 6.45) is 7.30. The number of ether oxygens (including phenoxy) is 3. The molecule has 3 unspecified atom stereocenters. The highest BCUT2D eigenvalue weighted by molar-refractivity contribution is 5.87. The number of ketones is 1. The van der Waals surface area contributed by atoms with Crippen LogP contribution in [-0.2, 0) is 19.0 Å². The molecule has 162 valence electrons. The van der Waals surface area contributed by atoms with Gasteiger partial charge in [0.05, 0.1) is 0 Å². The SMILES string of the molecule is CC1CCCCCC(OC(=O)NCC2CCOCC2)C(=O)C(C)CCCOC1. The molecule has 6 heteroatoms. The lowest BCUT2D eigenvalue weighted by Gasteiger charge is -2.24. The number of amides is 1. The number of Topliss-reactive ketones (excluding diaryl/α,β-unsaturated/α-hetero) is 1. The van der Waals surface area contributed by atoms with E-state index in [0.29, 0.717) is 31.4 Å². The smallest absolute Gasteiger partial charge is 0.407 e. The summed E-state index contributed by atoms with van der Waals surface area (Å²) in [5, 5.41) is 2.86. The predicted octanol–water partition coefficient (Wildman–Crippen LogP) is 4.11. The molecule has 0 bridgehead atoms. The third-order valence-corrected chi connectivity index (χ3v) is 5.92. The molecule has 2 aliphatic heterocycles. The van der Waals surface area contributed by atoms with Crippen molar-refractivity contribution in [2.75, 3.05) is 33.0 Å². The van der Waals surface area contributed by atoms with Crippen molar-refractivity contribution in [2.45, 2.75) is 77.7 Å². The molecule has 28 heavy (non-hydrogen) atoms. The summed E-state index contributed by atoms with van der Waals surface area (Å²) in [4.78, 5) is 25.1. The Bertz CT molecular complexity index is 464. The molecule has 0 aromatic carbocycles. The van der Waals surface area contributed by atoms with Gasteiger partial charge in [0.2, 0.25) is 0 Å². The van der Waals surface area contributed by atoms with Gasteiger partial charge in [-0.3, -0.25) is 4.79 Å². The first-order chi connectivity index (χ1) is 13.6. The third-order valence-electron chi connectivity index (χ3n) is 5.92. The van der Waals surface area contributed by atoms with Gasteiger partial charge in [0.25, 0.3) is 0 Å². The maximum absolute atomic E-state index is 12.8. The average Bonchev–Trinajstić information content (AvgIpc) is 2.70. The van der Waals surface area contributed by atoms with Gasteiger partial charge in [-0.05, 0) is 56.8 Å². The highest BCUT2D eigenvalue weighted by Gasteiger charge is 2.27. The number of hydrogen-bond acceptors (Lipinski definition) is 5. The van der Waals surface area contributed by atoms with Gasteiger partial charge in [0.15, 0.2) is 11.9 Å². The summed E-state index contributed by atoms with van der Waals surface area (Å²) in [5.41, 5.74) is 0. The van der Waals surface area contributed by atoms with Crippen LogP contribution in [0.3, 0.4) is 0 Å². The average molecular weight is 398 g/mol. The standard InChI is InChI=1S/C22H39NO5/c1-17-7-4-3-5-9-20(21(24)18(2)8-6-12-27-16-17)28-22(25)23-15-19-10-13-26-14-11-19/h17-20H,3-16H2,1-2H3,(H,23,25). The van der Waals surface area contributed by atoms with Gasteiger partial charge in [-0.25, -0.2) is 4.79 Å². The second-order valence-corrected chi connectivity index (χ2v) is 8.59. The predicted molar refractivity (Wildman–Crippen MR) is 108 cm³/mol. The fraction of sp³-hybridized carbons (Fsp3) is 0.909. The highest BCUT2D eigenvalue weighted by atomic mass is 16.6. The summed E-state index contributed by atoms with van der Waals surface area (Å²) in [7, 11) is 0. The van der Waals surface area contributed by atoms with Crippen LogP contribution in [0.1, 0.15) is 71.6 Å². The number of alkyl carbamates (subject to hydrolysis) is 1. The van der Waals surface area contributed by atoms with Crippen LogP contribution in [0.4, 0.5) is 4.79 Å². The Kier molecular flexibility index (Phi) is 10.9. The molecule has 0 aliphatic carbocycles. The van der Waals surface area contributed by atoms with Gasteiger partial charge in [0.1, 0.15) is 0 Å². The van der Waals surface area contributed by atoms with Gasteiger partial charge in [-0.15, -0.1) is 0 Å². The highest BCUT2D eigenvalue weighted by Crippen LogP contribution is 2.19. The fourth-order valence-electron chi connectivity index (χ4n) is 3.93. The second kappa shape index (κ2) is 13.2. The molecule has 0 aromatic rings. The molecule has 2 fully saturated rings. The second-order valence-electron chi connectivity index (χ2n) is 8.59. The molecule has 6 nitrogen and oxygen atoms in total. The number of carbonyl (C=O) groups is 2. The summed E-state index contributed by atoms with van der Waals surface area (Å²) >= 11 is 0. The lowest BCUT2D eigenvalue weighted by molar-refractivity contribution is -0.131. The minimum atomic E-state index is -0.633. The van der Waals surface area contributed by atoms with Crippen molar-refractivity contribution in [1.82, 2.24) is 5.32 Å². The zero-order valence-corrected chi connectivity index (χ0v) is 17.8. The Morgan fingerprint density at radius 2 is 1.71 bits per heavy atom. The molecule has 1 amide bonds. The Hall–Kier alpha value is -1.14. The number of rotatable bonds is 3. The van der Waals surface area contributed by atoms with Crippen molar-refractivity contribution in [3.05, 3.63) is 0 Å². The maximum Gasteiger partial charge on any atom is 0.407 e. The minimum absolute atomic E-state index is 0.0478. The van der Waals surface area contributed by atoms with E-state index >= 15 is 0 Å². The summed E-state index contributed by atoms with van der Waals surface area (Å²) in [6.45, 7) is 7.76. The van der Waals surface area contributed by atoms with Gasteiger partial charge in [0, 0.05) is 38.9 Å². The van der Waals surface area contributed by atoms with Crippen LogP contribution in [-0.4, -0.2) is 51.0 Å². The van der Waals surface area contributed by atoms with Crippen LogP contribution in [0.5, 0.6) is 0 Å². The van der Waals surface area contributed by atoms with Gasteiger partial charge in [-0.2, -0.15) is 0 Å². The maximum atomic E-state index is 12.8. The Balaban J connectivity index is 1.83. The van der Waals surface area contributed by atoms with E-state index in [4.69, 9.17) is 14.2 Å². The molecule has 3 atom stereocenters. The molecular weight excluding hydrogens is 358 g/mol. The van der Waals surface area contributed by atoms with Gasteiger partial charge in [-0.1, -0.05) is 26.7 Å². The van der Waals surface area contributed by atoms with Crippen molar-refractivity contribution in [2.24, 2.45) is 17.8 Å². The number of carbonyl (C=O) groups excluding carboxylic acids is 2. The molecule has 2 saturated heterocycles. The van der Waals surface area contributed by atoms with E-state index in [9.17, 15) is 9.59 Å². The van der Waals surface area contributed by atoms with Crippen molar-refractivity contribution in [3.63, 3.8) is 0 Å². The van der Waals surface area contributed by atoms with E-state index in [0.717, 1.165) is 71.2 Å². The number of nitrogens with one attached hydrogen (secondary N) is 1. The van der Waals surface area contributed by atoms with Crippen LogP contribution < -0.4 is 5.32 Å². The Labute approximate surface area is 170 Å². The van der Waals surface area contributed by atoms with E-state index < -0.39 is 12.2 Å². The van der Waals surface area contributed by atoms with Crippen molar-refractivity contribution in [1.29, 1.82) is 0 Å². The Morgan fingerprint density at radius 3 is 2.50 bits per heavy atom. The van der Waals surface area contributed by atoms with E-state index in [2.05, 4.69) is 12.2 Å². The number of hydrogen-bond donors (Lipinski definition) is 1. The van der Waals surface area contributed by atoms with E-state index in [1.54, 1.807) is 0 Å². The molecule has 2 aliphatic rings. The van der Waals surface area contributed by atoms with Crippen LogP contribution in [0.25, 0.3) is 0 Å². The topological polar surface area (TPSA) is 73.9 Å². The summed E-state index contributed by atoms with van der Waals surface area (Å²) in [6, 6.07) is 0. The molecule has 0 spiro atoms. The fourth-order valence-corrected chi connectivity index (χ4v) is 3.93. The zero-order valence-electron chi connectivity index (χ0n) is 17.8. The molecular formula is C22H39NO5. The van der Waals surface area contributed by atoms with Crippen LogP contribution in [0, 0.1) is 17.8 Å². The minimum Gasteiger partial charge on any atom is -0.438 e. The van der Waals surface area contributed by atoms with Crippen molar-refractivity contribution >= 4 is 11.9 Å². The first-order valence-electron chi connectivity index (χ1n) is 11.2. The zero-order chi connectivity index (χ0) is 20.2. The van der Waals surface area contributed by atoms with E-state index in [-0.39, 0.29) is 11.7 Å². The first-order valence-corrected chi connectivity index (χ1v) is 11.2. The van der Waals surface area contributed by atoms with Crippen LogP contribution >= 0.6 is 0 Å². The monoisotopic (exact) mass is 397 g/mol. The summed E-state index contributed by atoms with van der Waals surface area (Å²) in [5.74, 6) is 0.941. The quantitative estimate of drug-likeness (QED) is 0.776. The van der Waals surface area contributed by atoms with Gasteiger partial charge < -0.3 is 19.5 Å². The van der Waals surface area contributed by atoms with Gasteiger partial charge >= 0.3 is 6.09 Å². The molecule has 2 rings (SSSR count). The molecule has 2 heterocycles. The van der Waals surface area contributed by atoms with E-state index in [1.165, 1.54) is 0 Å². The van der Waals surface area contributed by atoms with Crippen molar-refractivity contribution in [3.8, 4) is 0 Å². The summed E-state index contributed by atoms with van der Waals surface area (Å²) < 4.78 is 16.7. The van der Waals surface area contributed by atoms with Crippen LogP contribution in [0.2, 0.25) is 0 Å². The molecule has 0 radical (unpaired) electrons. The van der Waals surface area contributed by atoms with E-state index in [1.807, 2.05) is 6.92 Å². The lowest BCUT2D eigenvalue weighted by Crippen LogP contribution is -2.38. The lowest BCUT2D eigenvalue weighted by atomic mass is 9.93. The Morgan fingerprint density at radius 1 is 0.964 bits per heavy atom. The largest absolute Gasteiger partial charge is 0.438 e. The first kappa shape index (κ1) is 23.1. The third kappa shape index (κ3) is 8.91. The molecule has 0 aromatic heterocycles. The molecule has 0 saturated carbocycles. The van der Waals surface area contributed by atoms with Crippen LogP contribution in [0.15, 0.2) is 0 Å². The molecule has 1 N–H and O–H groups in total.